The van der Waals surface area contributed by atoms with Gasteiger partial charge in [0.1, 0.15) is 0 Å². The van der Waals surface area contributed by atoms with Crippen molar-refractivity contribution in [2.24, 2.45) is 0 Å². The second-order valence-corrected chi connectivity index (χ2v) is 4.33. The summed E-state index contributed by atoms with van der Waals surface area (Å²) in [5.74, 6) is 0.417. The Hall–Kier alpha value is -2.11. The van der Waals surface area contributed by atoms with Crippen LogP contribution in [0.2, 0.25) is 0 Å². The van der Waals surface area contributed by atoms with Crippen LogP contribution in [0.4, 0.5) is 19.1 Å². The average Bonchev–Trinajstić information content (AvgIpc) is 2.37. The maximum Gasteiger partial charge on any atom is 0.416 e. The first-order valence-corrected chi connectivity index (χ1v) is 6.17. The van der Waals surface area contributed by atoms with Gasteiger partial charge in [-0.15, -0.1) is 0 Å². The van der Waals surface area contributed by atoms with Gasteiger partial charge < -0.3 is 5.32 Å². The first kappa shape index (κ1) is 14.3. The van der Waals surface area contributed by atoms with Crippen LogP contribution in [0, 0.1) is 6.92 Å². The summed E-state index contributed by atoms with van der Waals surface area (Å²) < 4.78 is 38.2. The third-order valence-corrected chi connectivity index (χ3v) is 2.67. The summed E-state index contributed by atoms with van der Waals surface area (Å²) in [5, 5.41) is 2.96. The fraction of sp³-hybridized carbons (Fsp3) is 0.286. The summed E-state index contributed by atoms with van der Waals surface area (Å²) in [6.45, 7) is 4.32. The average molecular weight is 281 g/mol. The molecule has 0 bridgehead atoms. The van der Waals surface area contributed by atoms with Crippen LogP contribution in [0.15, 0.2) is 30.3 Å². The molecule has 0 saturated heterocycles. The topological polar surface area (TPSA) is 37.8 Å². The number of alkyl halides is 3. The SMILES string of the molecule is CCNc1nc(C)cc(-c2cccc(C(F)(F)F)c2)n1. The Bertz CT molecular complexity index is 609. The van der Waals surface area contributed by atoms with E-state index in [9.17, 15) is 13.2 Å². The molecule has 1 aromatic heterocycles. The molecule has 0 radical (unpaired) electrons. The van der Waals surface area contributed by atoms with Crippen molar-refractivity contribution in [1.29, 1.82) is 0 Å². The highest BCUT2D eigenvalue weighted by Gasteiger charge is 2.30. The molecule has 106 valence electrons. The van der Waals surface area contributed by atoms with Gasteiger partial charge in [-0.3, -0.25) is 0 Å². The molecular weight excluding hydrogens is 267 g/mol. The molecule has 0 fully saturated rings. The molecule has 20 heavy (non-hydrogen) atoms. The van der Waals surface area contributed by atoms with E-state index in [1.165, 1.54) is 6.07 Å². The molecule has 0 atom stereocenters. The smallest absolute Gasteiger partial charge is 0.354 e. The van der Waals surface area contributed by atoms with Crippen molar-refractivity contribution in [2.75, 3.05) is 11.9 Å². The predicted molar refractivity (Wildman–Crippen MR) is 71.4 cm³/mol. The minimum Gasteiger partial charge on any atom is -0.354 e. The van der Waals surface area contributed by atoms with E-state index in [4.69, 9.17) is 0 Å². The highest BCUT2D eigenvalue weighted by atomic mass is 19.4. The van der Waals surface area contributed by atoms with Crippen molar-refractivity contribution in [1.82, 2.24) is 9.97 Å². The van der Waals surface area contributed by atoms with Crippen molar-refractivity contribution < 1.29 is 13.2 Å². The van der Waals surface area contributed by atoms with Crippen molar-refractivity contribution in [3.8, 4) is 11.3 Å². The minimum absolute atomic E-state index is 0.417. The van der Waals surface area contributed by atoms with Crippen LogP contribution in [0.1, 0.15) is 18.2 Å². The number of nitrogens with zero attached hydrogens (tertiary/aromatic N) is 2. The van der Waals surface area contributed by atoms with Crippen molar-refractivity contribution in [2.45, 2.75) is 20.0 Å². The molecule has 0 unspecified atom stereocenters. The fourth-order valence-corrected chi connectivity index (χ4v) is 1.81. The summed E-state index contributed by atoms with van der Waals surface area (Å²) in [7, 11) is 0. The van der Waals surface area contributed by atoms with Gasteiger partial charge in [0, 0.05) is 17.8 Å². The van der Waals surface area contributed by atoms with Crippen LogP contribution in [-0.4, -0.2) is 16.5 Å². The Balaban J connectivity index is 2.46. The van der Waals surface area contributed by atoms with Gasteiger partial charge >= 0.3 is 6.18 Å². The number of benzene rings is 1. The number of halogens is 3. The van der Waals surface area contributed by atoms with Gasteiger partial charge in [-0.05, 0) is 32.0 Å². The number of nitrogens with one attached hydrogen (secondary N) is 1. The van der Waals surface area contributed by atoms with Gasteiger partial charge in [-0.1, -0.05) is 12.1 Å². The molecule has 0 saturated carbocycles. The molecular formula is C14H14F3N3. The van der Waals surface area contributed by atoms with E-state index >= 15 is 0 Å². The van der Waals surface area contributed by atoms with Crippen LogP contribution in [0.5, 0.6) is 0 Å². The molecule has 1 heterocycles. The van der Waals surface area contributed by atoms with Gasteiger partial charge in [0.05, 0.1) is 11.3 Å². The Kier molecular flexibility index (Phi) is 3.92. The maximum absolute atomic E-state index is 12.7. The summed E-state index contributed by atoms with van der Waals surface area (Å²) in [5.41, 5.74) is 0.906. The summed E-state index contributed by atoms with van der Waals surface area (Å²) in [4.78, 5) is 8.40. The van der Waals surface area contributed by atoms with Gasteiger partial charge in [0.15, 0.2) is 0 Å². The largest absolute Gasteiger partial charge is 0.416 e. The number of anilines is 1. The lowest BCUT2D eigenvalue weighted by molar-refractivity contribution is -0.137. The number of hydrogen-bond acceptors (Lipinski definition) is 3. The van der Waals surface area contributed by atoms with E-state index < -0.39 is 11.7 Å². The quantitative estimate of drug-likeness (QED) is 0.927. The highest BCUT2D eigenvalue weighted by Crippen LogP contribution is 2.31. The number of hydrogen-bond donors (Lipinski definition) is 1. The molecule has 0 amide bonds. The number of aromatic nitrogens is 2. The van der Waals surface area contributed by atoms with E-state index in [0.717, 1.165) is 12.1 Å². The lowest BCUT2D eigenvalue weighted by atomic mass is 10.1. The molecule has 0 aliphatic carbocycles. The minimum atomic E-state index is -4.36. The predicted octanol–water partition coefficient (Wildman–Crippen LogP) is 3.90. The highest BCUT2D eigenvalue weighted by molar-refractivity contribution is 5.62. The summed E-state index contributed by atoms with van der Waals surface area (Å²) in [6, 6.07) is 6.78. The second kappa shape index (κ2) is 5.48. The van der Waals surface area contributed by atoms with E-state index in [0.29, 0.717) is 29.4 Å². The molecule has 3 nitrogen and oxygen atoms in total. The van der Waals surface area contributed by atoms with E-state index in [-0.39, 0.29) is 0 Å². The van der Waals surface area contributed by atoms with Crippen molar-refractivity contribution in [3.05, 3.63) is 41.6 Å². The third kappa shape index (κ3) is 3.26. The second-order valence-electron chi connectivity index (χ2n) is 4.33. The standard InChI is InChI=1S/C14H14F3N3/c1-3-18-13-19-9(2)7-12(20-13)10-5-4-6-11(8-10)14(15,16)17/h4-8H,3H2,1-2H3,(H,18,19,20). The number of aryl methyl sites for hydroxylation is 1. The number of rotatable bonds is 3. The lowest BCUT2D eigenvalue weighted by Crippen LogP contribution is -2.06. The molecule has 1 N–H and O–H groups in total. The molecule has 0 aliphatic heterocycles. The van der Waals surface area contributed by atoms with E-state index in [1.54, 1.807) is 19.1 Å². The van der Waals surface area contributed by atoms with Crippen molar-refractivity contribution in [3.63, 3.8) is 0 Å². The maximum atomic E-state index is 12.7. The molecule has 2 aromatic rings. The normalized spacial score (nSPS) is 11.4. The molecule has 6 heteroatoms. The first-order chi connectivity index (χ1) is 9.40. The molecule has 0 spiro atoms. The fourth-order valence-electron chi connectivity index (χ4n) is 1.81. The summed E-state index contributed by atoms with van der Waals surface area (Å²) in [6.07, 6.45) is -4.36. The zero-order valence-electron chi connectivity index (χ0n) is 11.1. The molecule has 1 aromatic carbocycles. The Morgan fingerprint density at radius 1 is 1.15 bits per heavy atom. The van der Waals surface area contributed by atoms with Crippen LogP contribution in [0.3, 0.4) is 0 Å². The van der Waals surface area contributed by atoms with Crippen molar-refractivity contribution >= 4 is 5.95 Å². The van der Waals surface area contributed by atoms with E-state index in [1.807, 2.05) is 6.92 Å². The summed E-state index contributed by atoms with van der Waals surface area (Å²) >= 11 is 0. The first-order valence-electron chi connectivity index (χ1n) is 6.17. The van der Waals surface area contributed by atoms with Gasteiger partial charge in [0.2, 0.25) is 5.95 Å². The van der Waals surface area contributed by atoms with Gasteiger partial charge in [-0.25, -0.2) is 9.97 Å². The monoisotopic (exact) mass is 281 g/mol. The zero-order valence-corrected chi connectivity index (χ0v) is 11.1. The Morgan fingerprint density at radius 2 is 1.90 bits per heavy atom. The van der Waals surface area contributed by atoms with Crippen LogP contribution in [0.25, 0.3) is 11.3 Å². The lowest BCUT2D eigenvalue weighted by Gasteiger charge is -2.10. The van der Waals surface area contributed by atoms with Crippen LogP contribution < -0.4 is 5.32 Å². The third-order valence-electron chi connectivity index (χ3n) is 2.67. The van der Waals surface area contributed by atoms with Crippen LogP contribution >= 0.6 is 0 Å². The van der Waals surface area contributed by atoms with Crippen LogP contribution in [-0.2, 0) is 6.18 Å². The zero-order chi connectivity index (χ0) is 14.8. The Morgan fingerprint density at radius 3 is 2.55 bits per heavy atom. The molecule has 2 rings (SSSR count). The molecule has 0 aliphatic rings. The van der Waals surface area contributed by atoms with E-state index in [2.05, 4.69) is 15.3 Å². The van der Waals surface area contributed by atoms with Gasteiger partial charge in [0.25, 0.3) is 0 Å². The Labute approximate surface area is 114 Å². The van der Waals surface area contributed by atoms with Gasteiger partial charge in [-0.2, -0.15) is 13.2 Å².